The minimum atomic E-state index is -1.19. The largest absolute Gasteiger partial charge is 0.548 e. The molecule has 0 aliphatic carbocycles. The molecule has 2 aliphatic rings. The summed E-state index contributed by atoms with van der Waals surface area (Å²) in [5, 5.41) is 15.8. The molecule has 2 atom stereocenters. The summed E-state index contributed by atoms with van der Waals surface area (Å²) in [6.45, 7) is 4.42. The van der Waals surface area contributed by atoms with Gasteiger partial charge in [-0.2, -0.15) is 0 Å². The zero-order valence-electron chi connectivity index (χ0n) is 20.9. The average Bonchev–Trinajstić information content (AvgIpc) is 3.31. The molecule has 1 aromatic rings. The fraction of sp³-hybridized carbons (Fsp3) is 0.440. The molecule has 202 valence electrons. The van der Waals surface area contributed by atoms with Gasteiger partial charge in [0.05, 0.1) is 61.7 Å². The normalized spacial score (nSPS) is 18.9. The van der Waals surface area contributed by atoms with Gasteiger partial charge < -0.3 is 40.5 Å². The monoisotopic (exact) mass is 536 g/mol. The molecule has 11 nitrogen and oxygen atoms in total. The van der Waals surface area contributed by atoms with Crippen molar-refractivity contribution in [2.45, 2.75) is 38.6 Å². The number of ether oxygens (including phenoxy) is 3. The first kappa shape index (κ1) is 29.8. The second kappa shape index (κ2) is 14.4. The van der Waals surface area contributed by atoms with Crippen molar-refractivity contribution in [3.8, 4) is 0 Å². The molecule has 1 saturated heterocycles. The summed E-state index contributed by atoms with van der Waals surface area (Å²) < 4.78 is 15.8. The van der Waals surface area contributed by atoms with E-state index in [2.05, 4.69) is 10.6 Å². The summed E-state index contributed by atoms with van der Waals surface area (Å²) in [7, 11) is 1.29. The average molecular weight is 537 g/mol. The number of esters is 2. The van der Waals surface area contributed by atoms with Crippen LogP contribution in [-0.4, -0.2) is 63.3 Å². The summed E-state index contributed by atoms with van der Waals surface area (Å²) in [6, 6.07) is 6.29. The maximum atomic E-state index is 12.9. The van der Waals surface area contributed by atoms with Crippen LogP contribution >= 0.6 is 11.6 Å². The second-order valence-electron chi connectivity index (χ2n) is 8.04. The fourth-order valence-electron chi connectivity index (χ4n) is 3.91. The smallest absolute Gasteiger partial charge is 0.336 e. The van der Waals surface area contributed by atoms with Crippen molar-refractivity contribution in [1.29, 1.82) is 0 Å². The van der Waals surface area contributed by atoms with E-state index in [1.54, 1.807) is 38.1 Å². The van der Waals surface area contributed by atoms with Crippen molar-refractivity contribution in [2.75, 3.05) is 33.5 Å². The molecule has 1 fully saturated rings. The Morgan fingerprint density at radius 3 is 2.41 bits per heavy atom. The van der Waals surface area contributed by atoms with Crippen molar-refractivity contribution in [3.05, 3.63) is 57.4 Å². The lowest BCUT2D eigenvalue weighted by molar-refractivity contribution is -0.308. The van der Waals surface area contributed by atoms with Gasteiger partial charge in [-0.1, -0.05) is 29.8 Å². The van der Waals surface area contributed by atoms with E-state index in [1.807, 2.05) is 0 Å². The number of benzene rings is 1. The number of carbonyl (C=O) groups is 4. The summed E-state index contributed by atoms with van der Waals surface area (Å²) in [4.78, 5) is 45.8. The van der Waals surface area contributed by atoms with Gasteiger partial charge in [0.1, 0.15) is 0 Å². The Balaban J connectivity index is 0.000000449. The van der Waals surface area contributed by atoms with Crippen LogP contribution in [0.15, 0.2) is 46.8 Å². The Morgan fingerprint density at radius 2 is 1.89 bits per heavy atom. The number of carbonyl (C=O) groups excluding carboxylic acids is 4. The van der Waals surface area contributed by atoms with Crippen LogP contribution in [-0.2, 0) is 33.4 Å². The molecule has 3 rings (SSSR count). The van der Waals surface area contributed by atoms with Gasteiger partial charge in [0, 0.05) is 23.7 Å². The fourth-order valence-corrected chi connectivity index (χ4v) is 4.15. The number of nitrogens with two attached hydrogens (primary N) is 1. The van der Waals surface area contributed by atoms with Gasteiger partial charge in [-0.15, -0.1) is 0 Å². The molecule has 4 N–H and O–H groups in total. The number of hydrogen-bond acceptors (Lipinski definition) is 10. The highest BCUT2D eigenvalue weighted by atomic mass is 35.5. The molecule has 0 saturated carbocycles. The number of dihydropyridines is 1. The van der Waals surface area contributed by atoms with E-state index >= 15 is 0 Å². The molecule has 2 heterocycles. The van der Waals surface area contributed by atoms with Crippen molar-refractivity contribution >= 4 is 35.4 Å². The number of rotatable bonds is 9. The van der Waals surface area contributed by atoms with Crippen LogP contribution in [0, 0.1) is 0 Å². The molecule has 0 spiro atoms. The Hall–Kier alpha value is -3.41. The van der Waals surface area contributed by atoms with Crippen LogP contribution in [0.25, 0.3) is 0 Å². The van der Waals surface area contributed by atoms with Gasteiger partial charge >= 0.3 is 11.9 Å². The predicted octanol–water partition coefficient (Wildman–Crippen LogP) is 0.281. The quantitative estimate of drug-likeness (QED) is 0.294. The van der Waals surface area contributed by atoms with E-state index in [9.17, 15) is 24.3 Å². The number of carboxylic acids is 1. The highest BCUT2D eigenvalue weighted by Crippen LogP contribution is 2.41. The van der Waals surface area contributed by atoms with E-state index in [0.717, 1.165) is 0 Å². The number of carboxylic acid groups (broad SMARTS) is 1. The standard InChI is InChI=1S/C20H25ClN2O5.C5H7NO3/c1-4-28-20(25)18-15(11-27-10-9-22)23-12(2)16(19(24)26-3)17(18)13-7-5-6-8-14(13)21;7-4-2-1-3(6-4)5(8)9/h5-8,17,23H,4,9-11,22H2,1-3H3;3H,1-2H2,(H,6,7)(H,8,9)/p-1/t;3-/m.0/s1. The molecule has 1 unspecified atom stereocenters. The van der Waals surface area contributed by atoms with Gasteiger partial charge in [-0.3, -0.25) is 4.79 Å². The van der Waals surface area contributed by atoms with Crippen molar-refractivity contribution in [2.24, 2.45) is 5.73 Å². The molecule has 0 bridgehead atoms. The van der Waals surface area contributed by atoms with E-state index in [1.165, 1.54) is 7.11 Å². The van der Waals surface area contributed by atoms with E-state index in [0.29, 0.717) is 53.5 Å². The molecule has 1 amide bonds. The number of hydrogen-bond donors (Lipinski definition) is 3. The number of amides is 1. The lowest BCUT2D eigenvalue weighted by atomic mass is 9.80. The molecule has 37 heavy (non-hydrogen) atoms. The van der Waals surface area contributed by atoms with Gasteiger partial charge in [-0.05, 0) is 31.9 Å². The Morgan fingerprint density at radius 1 is 1.19 bits per heavy atom. The third kappa shape index (κ3) is 7.78. The molecule has 12 heteroatoms. The number of nitrogens with one attached hydrogen (secondary N) is 2. The first-order valence-corrected chi connectivity index (χ1v) is 12.0. The topological polar surface area (TPSA) is 169 Å². The van der Waals surface area contributed by atoms with Crippen molar-refractivity contribution in [1.82, 2.24) is 10.6 Å². The second-order valence-corrected chi connectivity index (χ2v) is 8.45. The summed E-state index contributed by atoms with van der Waals surface area (Å²) in [5.41, 5.74) is 7.70. The van der Waals surface area contributed by atoms with Gasteiger partial charge in [0.2, 0.25) is 5.91 Å². The number of halogens is 1. The maximum Gasteiger partial charge on any atom is 0.336 e. The Labute approximate surface area is 220 Å². The lowest BCUT2D eigenvalue weighted by Gasteiger charge is -2.31. The third-order valence-electron chi connectivity index (χ3n) is 5.55. The Kier molecular flexibility index (Phi) is 11.6. The van der Waals surface area contributed by atoms with Gasteiger partial charge in [0.25, 0.3) is 0 Å². The maximum absolute atomic E-state index is 12.9. The zero-order chi connectivity index (χ0) is 27.5. The molecule has 0 radical (unpaired) electrons. The molecule has 0 aromatic heterocycles. The van der Waals surface area contributed by atoms with Crippen LogP contribution in [0.5, 0.6) is 0 Å². The lowest BCUT2D eigenvalue weighted by Crippen LogP contribution is -2.42. The minimum Gasteiger partial charge on any atom is -0.548 e. The van der Waals surface area contributed by atoms with E-state index < -0.39 is 29.9 Å². The molecule has 1 aromatic carbocycles. The van der Waals surface area contributed by atoms with Crippen LogP contribution in [0.1, 0.15) is 38.2 Å². The number of aliphatic carboxylic acids is 1. The summed E-state index contributed by atoms with van der Waals surface area (Å²) >= 11 is 6.42. The zero-order valence-corrected chi connectivity index (χ0v) is 21.7. The summed E-state index contributed by atoms with van der Waals surface area (Å²) in [6.07, 6.45) is 0.666. The van der Waals surface area contributed by atoms with Crippen LogP contribution in [0.2, 0.25) is 5.02 Å². The minimum absolute atomic E-state index is 0.109. The summed E-state index contributed by atoms with van der Waals surface area (Å²) in [5.74, 6) is -3.26. The predicted molar refractivity (Wildman–Crippen MR) is 132 cm³/mol. The van der Waals surface area contributed by atoms with Crippen molar-refractivity contribution < 1.29 is 38.5 Å². The first-order chi connectivity index (χ1) is 17.7. The van der Waals surface area contributed by atoms with E-state index in [-0.39, 0.29) is 24.7 Å². The van der Waals surface area contributed by atoms with Crippen LogP contribution in [0.3, 0.4) is 0 Å². The number of methoxy groups -OCH3 is 1. The van der Waals surface area contributed by atoms with Crippen molar-refractivity contribution in [3.63, 3.8) is 0 Å². The number of allylic oxidation sites excluding steroid dienone is 1. The highest BCUT2D eigenvalue weighted by Gasteiger charge is 2.39. The van der Waals surface area contributed by atoms with Gasteiger partial charge in [0.15, 0.2) is 0 Å². The molecule has 2 aliphatic heterocycles. The van der Waals surface area contributed by atoms with Crippen LogP contribution < -0.4 is 21.5 Å². The van der Waals surface area contributed by atoms with Crippen LogP contribution in [0.4, 0.5) is 0 Å². The Bertz CT molecular complexity index is 1090. The molecular weight excluding hydrogens is 506 g/mol. The third-order valence-corrected chi connectivity index (χ3v) is 5.89. The van der Waals surface area contributed by atoms with E-state index in [4.69, 9.17) is 31.5 Å². The molecular formula is C25H31ClN3O8-. The SMILES string of the molecule is CCOC(=O)C1=C(COCCN)NC(C)=C(C(=O)OC)C1c1ccccc1Cl.O=C1CC[C@@H](C(=O)[O-])N1. The highest BCUT2D eigenvalue weighted by molar-refractivity contribution is 6.31. The first-order valence-electron chi connectivity index (χ1n) is 11.6. The van der Waals surface area contributed by atoms with Gasteiger partial charge in [-0.25, -0.2) is 9.59 Å².